The normalized spacial score (nSPS) is 18.7. The predicted molar refractivity (Wildman–Crippen MR) is 120 cm³/mol. The average Bonchev–Trinajstić information content (AvgIpc) is 2.76. The zero-order chi connectivity index (χ0) is 21.3. The minimum Gasteiger partial charge on any atom is -0.504 e. The first-order valence-electron chi connectivity index (χ1n) is 9.35. The molecule has 1 aliphatic rings. The van der Waals surface area contributed by atoms with Crippen LogP contribution in [0.15, 0.2) is 70.1 Å². The van der Waals surface area contributed by atoms with E-state index in [0.717, 1.165) is 16.8 Å². The molecule has 2 atom stereocenters. The van der Waals surface area contributed by atoms with Crippen LogP contribution < -0.4 is 10.1 Å². The molecule has 0 amide bonds. The number of nitrogens with zero attached hydrogens (tertiary/aromatic N) is 1. The van der Waals surface area contributed by atoms with Gasteiger partial charge in [-0.2, -0.15) is 0 Å². The topological polar surface area (TPSA) is 53.8 Å². The number of nitrogens with one attached hydrogen (secondary N) is 1. The second-order valence-electron chi connectivity index (χ2n) is 6.98. The second kappa shape index (κ2) is 8.76. The summed E-state index contributed by atoms with van der Waals surface area (Å²) in [7, 11) is 1.52. The van der Waals surface area contributed by atoms with Gasteiger partial charge in [0, 0.05) is 28.8 Å². The fraction of sp³-hybridized carbons (Fsp3) is 0.174. The van der Waals surface area contributed by atoms with Crippen molar-refractivity contribution in [2.24, 2.45) is 4.99 Å². The highest BCUT2D eigenvalue weighted by Crippen LogP contribution is 2.39. The standard InChI is InChI=1S/C23H19BrClFN2O2/c1-30-21-4-2-3-16(22(21)29)20-12-19(13-5-8-15(25)9-6-13)27-23(28-20)14-7-10-18(26)17(24)11-14/h2-11,20,23,28-29H,12H2,1H3/t20-,23-/m1/s1. The summed E-state index contributed by atoms with van der Waals surface area (Å²) in [5.74, 6) is 0.165. The first kappa shape index (κ1) is 20.8. The van der Waals surface area contributed by atoms with Crippen LogP contribution in [0.2, 0.25) is 5.02 Å². The molecule has 0 unspecified atom stereocenters. The Morgan fingerprint density at radius 1 is 1.17 bits per heavy atom. The third-order valence-corrected chi connectivity index (χ3v) is 5.96. The Hall–Kier alpha value is -2.41. The van der Waals surface area contributed by atoms with Crippen molar-refractivity contribution >= 4 is 33.2 Å². The molecular formula is C23H19BrClFN2O2. The minimum atomic E-state index is -0.420. The number of halogens is 3. The summed E-state index contributed by atoms with van der Waals surface area (Å²) >= 11 is 9.29. The van der Waals surface area contributed by atoms with Crippen LogP contribution in [0.1, 0.15) is 35.3 Å². The van der Waals surface area contributed by atoms with Crippen molar-refractivity contribution in [2.75, 3.05) is 7.11 Å². The molecule has 2 N–H and O–H groups in total. The van der Waals surface area contributed by atoms with Gasteiger partial charge in [0.25, 0.3) is 0 Å². The number of methoxy groups -OCH3 is 1. The third kappa shape index (κ3) is 4.21. The summed E-state index contributed by atoms with van der Waals surface area (Å²) in [6.07, 6.45) is 0.137. The van der Waals surface area contributed by atoms with Gasteiger partial charge >= 0.3 is 0 Å². The summed E-state index contributed by atoms with van der Waals surface area (Å²) in [5.41, 5.74) is 3.33. The number of ether oxygens (including phenoxy) is 1. The Bertz CT molecular complexity index is 1100. The number of aromatic hydroxyl groups is 1. The lowest BCUT2D eigenvalue weighted by Gasteiger charge is -2.31. The number of aliphatic imine (C=N–C) groups is 1. The highest BCUT2D eigenvalue weighted by atomic mass is 79.9. The summed E-state index contributed by atoms with van der Waals surface area (Å²) in [5, 5.41) is 14.8. The quantitative estimate of drug-likeness (QED) is 0.460. The Labute approximate surface area is 187 Å². The molecule has 0 saturated heterocycles. The number of rotatable bonds is 4. The van der Waals surface area contributed by atoms with E-state index in [9.17, 15) is 9.50 Å². The molecule has 1 heterocycles. The van der Waals surface area contributed by atoms with E-state index in [1.165, 1.54) is 13.2 Å². The van der Waals surface area contributed by atoms with Crippen molar-refractivity contribution in [1.82, 2.24) is 5.32 Å². The number of para-hydroxylation sites is 1. The van der Waals surface area contributed by atoms with Gasteiger partial charge in [-0.1, -0.05) is 41.9 Å². The highest BCUT2D eigenvalue weighted by molar-refractivity contribution is 9.10. The van der Waals surface area contributed by atoms with Gasteiger partial charge in [-0.05, 0) is 57.4 Å². The van der Waals surface area contributed by atoms with Crippen LogP contribution in [0, 0.1) is 5.82 Å². The molecule has 4 nitrogen and oxygen atoms in total. The summed E-state index contributed by atoms with van der Waals surface area (Å²) < 4.78 is 19.4. The van der Waals surface area contributed by atoms with Crippen LogP contribution >= 0.6 is 27.5 Å². The number of phenols is 1. The maximum atomic E-state index is 13.8. The van der Waals surface area contributed by atoms with E-state index in [0.29, 0.717) is 27.2 Å². The molecular weight excluding hydrogens is 471 g/mol. The lowest BCUT2D eigenvalue weighted by atomic mass is 9.93. The molecule has 3 aromatic rings. The minimum absolute atomic E-state index is 0.0916. The Kier molecular flexibility index (Phi) is 6.09. The maximum absolute atomic E-state index is 13.8. The van der Waals surface area contributed by atoms with E-state index in [1.54, 1.807) is 18.2 Å². The van der Waals surface area contributed by atoms with Crippen LogP contribution in [-0.2, 0) is 0 Å². The second-order valence-corrected chi connectivity index (χ2v) is 8.27. The van der Waals surface area contributed by atoms with Crippen LogP contribution in [0.3, 0.4) is 0 Å². The Balaban J connectivity index is 1.78. The zero-order valence-corrected chi connectivity index (χ0v) is 18.4. The van der Waals surface area contributed by atoms with Gasteiger partial charge in [-0.3, -0.25) is 10.3 Å². The summed E-state index contributed by atoms with van der Waals surface area (Å²) in [4.78, 5) is 4.88. The largest absolute Gasteiger partial charge is 0.504 e. The number of phenolic OH excluding ortho intramolecular Hbond substituents is 1. The zero-order valence-electron chi connectivity index (χ0n) is 16.1. The molecule has 0 radical (unpaired) electrons. The summed E-state index contributed by atoms with van der Waals surface area (Å²) in [6, 6.07) is 17.5. The van der Waals surface area contributed by atoms with Crippen molar-refractivity contribution < 1.29 is 14.2 Å². The molecule has 0 fully saturated rings. The highest BCUT2D eigenvalue weighted by Gasteiger charge is 2.28. The lowest BCUT2D eigenvalue weighted by molar-refractivity contribution is 0.360. The molecule has 0 aliphatic carbocycles. The molecule has 0 saturated carbocycles. The van der Waals surface area contributed by atoms with Crippen LogP contribution in [0.5, 0.6) is 11.5 Å². The van der Waals surface area contributed by atoms with Gasteiger partial charge < -0.3 is 9.84 Å². The number of hydrogen-bond donors (Lipinski definition) is 2. The number of benzene rings is 3. The SMILES string of the molecule is COc1cccc([C@H]2CC(c3ccc(Cl)cc3)=N[C@@H](c3ccc(F)c(Br)c3)N2)c1O. The fourth-order valence-electron chi connectivity index (χ4n) is 3.56. The Morgan fingerprint density at radius 2 is 1.93 bits per heavy atom. The van der Waals surface area contributed by atoms with Gasteiger partial charge in [0.05, 0.1) is 11.6 Å². The summed E-state index contributed by atoms with van der Waals surface area (Å²) in [6.45, 7) is 0. The van der Waals surface area contributed by atoms with Gasteiger partial charge in [-0.25, -0.2) is 4.39 Å². The molecule has 1 aliphatic heterocycles. The first-order chi connectivity index (χ1) is 14.5. The average molecular weight is 490 g/mol. The smallest absolute Gasteiger partial charge is 0.162 e. The molecule has 0 bridgehead atoms. The molecule has 0 aromatic heterocycles. The van der Waals surface area contributed by atoms with E-state index in [4.69, 9.17) is 21.3 Å². The van der Waals surface area contributed by atoms with Crippen LogP contribution in [0.4, 0.5) is 4.39 Å². The number of hydrogen-bond acceptors (Lipinski definition) is 4. The van der Waals surface area contributed by atoms with Crippen molar-refractivity contribution in [2.45, 2.75) is 18.6 Å². The van der Waals surface area contributed by atoms with Crippen LogP contribution in [-0.4, -0.2) is 17.9 Å². The predicted octanol–water partition coefficient (Wildman–Crippen LogP) is 6.18. The fourth-order valence-corrected chi connectivity index (χ4v) is 4.08. The monoisotopic (exact) mass is 488 g/mol. The first-order valence-corrected chi connectivity index (χ1v) is 10.5. The third-order valence-electron chi connectivity index (χ3n) is 5.10. The molecule has 4 rings (SSSR count). The molecule has 0 spiro atoms. The Morgan fingerprint density at radius 3 is 2.63 bits per heavy atom. The van der Waals surface area contributed by atoms with Crippen molar-refractivity contribution in [3.63, 3.8) is 0 Å². The van der Waals surface area contributed by atoms with Crippen molar-refractivity contribution in [1.29, 1.82) is 0 Å². The van der Waals surface area contributed by atoms with Gasteiger partial charge in [0.15, 0.2) is 11.5 Å². The molecule has 3 aromatic carbocycles. The molecule has 7 heteroatoms. The van der Waals surface area contributed by atoms with E-state index < -0.39 is 6.17 Å². The van der Waals surface area contributed by atoms with Crippen molar-refractivity contribution in [3.8, 4) is 11.5 Å². The maximum Gasteiger partial charge on any atom is 0.162 e. The lowest BCUT2D eigenvalue weighted by Crippen LogP contribution is -2.33. The van der Waals surface area contributed by atoms with E-state index in [-0.39, 0.29) is 17.6 Å². The van der Waals surface area contributed by atoms with E-state index >= 15 is 0 Å². The van der Waals surface area contributed by atoms with Crippen LogP contribution in [0.25, 0.3) is 0 Å². The van der Waals surface area contributed by atoms with Gasteiger partial charge in [0.2, 0.25) is 0 Å². The van der Waals surface area contributed by atoms with Crippen molar-refractivity contribution in [3.05, 3.63) is 92.7 Å². The van der Waals surface area contributed by atoms with E-state index in [1.807, 2.05) is 36.4 Å². The molecule has 30 heavy (non-hydrogen) atoms. The van der Waals surface area contributed by atoms with E-state index in [2.05, 4.69) is 21.2 Å². The molecule has 154 valence electrons. The van der Waals surface area contributed by atoms with Gasteiger partial charge in [-0.15, -0.1) is 0 Å². The van der Waals surface area contributed by atoms with Gasteiger partial charge in [0.1, 0.15) is 12.0 Å².